The first-order valence-corrected chi connectivity index (χ1v) is 7.99. The molecular weight excluding hydrogens is 337 g/mol. The fourth-order valence-electron chi connectivity index (χ4n) is 2.13. The summed E-state index contributed by atoms with van der Waals surface area (Å²) in [6, 6.07) is 12.6. The molecule has 6 heteroatoms. The number of amides is 1. The summed E-state index contributed by atoms with van der Waals surface area (Å²) in [6.45, 7) is 3.60. The van der Waals surface area contributed by atoms with Gasteiger partial charge in [0.1, 0.15) is 18.2 Å². The first-order valence-electron chi connectivity index (χ1n) is 7.99. The number of hydrogen-bond donors (Lipinski definition) is 0. The van der Waals surface area contributed by atoms with Crippen LogP contribution in [-0.4, -0.2) is 37.0 Å². The average molecular weight is 357 g/mol. The van der Waals surface area contributed by atoms with E-state index in [0.29, 0.717) is 23.5 Å². The summed E-state index contributed by atoms with van der Waals surface area (Å²) in [6.07, 6.45) is 1.62. The highest BCUT2D eigenvalue weighted by Crippen LogP contribution is 2.13. The molecule has 0 saturated heterocycles. The summed E-state index contributed by atoms with van der Waals surface area (Å²) in [7, 11) is 1.52. The van der Waals surface area contributed by atoms with E-state index in [9.17, 15) is 14.0 Å². The average Bonchev–Trinajstić information content (AvgIpc) is 2.66. The van der Waals surface area contributed by atoms with E-state index in [2.05, 4.69) is 6.58 Å². The van der Waals surface area contributed by atoms with Gasteiger partial charge in [0.2, 0.25) is 0 Å². The van der Waals surface area contributed by atoms with Crippen molar-refractivity contribution in [2.24, 2.45) is 0 Å². The minimum atomic E-state index is -0.618. The first-order chi connectivity index (χ1) is 12.5. The van der Waals surface area contributed by atoms with Crippen LogP contribution in [0.3, 0.4) is 0 Å². The third-order valence-corrected chi connectivity index (χ3v) is 3.58. The number of benzene rings is 2. The normalized spacial score (nSPS) is 10.1. The molecule has 0 N–H and O–H groups in total. The lowest BCUT2D eigenvalue weighted by Gasteiger charge is -2.17. The zero-order valence-electron chi connectivity index (χ0n) is 14.5. The topological polar surface area (TPSA) is 55.8 Å². The molecule has 0 aliphatic carbocycles. The highest BCUT2D eigenvalue weighted by molar-refractivity contribution is 5.91. The Kier molecular flexibility index (Phi) is 6.91. The van der Waals surface area contributed by atoms with Crippen molar-refractivity contribution in [2.75, 3.05) is 20.3 Å². The van der Waals surface area contributed by atoms with Crippen LogP contribution in [0, 0.1) is 5.82 Å². The van der Waals surface area contributed by atoms with E-state index in [4.69, 9.17) is 9.47 Å². The van der Waals surface area contributed by atoms with Gasteiger partial charge in [0.05, 0.1) is 5.56 Å². The molecule has 5 nitrogen and oxygen atoms in total. The molecule has 0 atom stereocenters. The molecular formula is C20H20FNO4. The molecule has 2 aromatic carbocycles. The van der Waals surface area contributed by atoms with Gasteiger partial charge in [-0.3, -0.25) is 4.79 Å². The lowest BCUT2D eigenvalue weighted by molar-refractivity contribution is -0.133. The van der Waals surface area contributed by atoms with Gasteiger partial charge in [-0.1, -0.05) is 30.9 Å². The molecule has 26 heavy (non-hydrogen) atoms. The molecule has 2 rings (SSSR count). The Hall–Kier alpha value is -3.15. The number of ether oxygens (including phenoxy) is 2. The van der Waals surface area contributed by atoms with Crippen LogP contribution in [0.1, 0.15) is 15.9 Å². The second-order valence-corrected chi connectivity index (χ2v) is 5.54. The van der Waals surface area contributed by atoms with Crippen LogP contribution in [0.25, 0.3) is 0 Å². The van der Waals surface area contributed by atoms with Crippen molar-refractivity contribution in [3.05, 3.63) is 78.1 Å². The largest absolute Gasteiger partial charge is 0.490 e. The molecule has 0 aliphatic heterocycles. The van der Waals surface area contributed by atoms with E-state index >= 15 is 0 Å². The lowest BCUT2D eigenvalue weighted by atomic mass is 10.2. The Labute approximate surface area is 151 Å². The van der Waals surface area contributed by atoms with E-state index in [-0.39, 0.29) is 12.4 Å². The molecule has 0 spiro atoms. The predicted octanol–water partition coefficient (Wildman–Crippen LogP) is 3.21. The van der Waals surface area contributed by atoms with Gasteiger partial charge in [0, 0.05) is 19.2 Å². The molecule has 0 fully saturated rings. The van der Waals surface area contributed by atoms with Crippen LogP contribution >= 0.6 is 0 Å². The van der Waals surface area contributed by atoms with Crippen molar-refractivity contribution in [3.63, 3.8) is 0 Å². The molecule has 1 amide bonds. The summed E-state index contributed by atoms with van der Waals surface area (Å²) < 4.78 is 24.0. The van der Waals surface area contributed by atoms with Gasteiger partial charge in [0.25, 0.3) is 5.91 Å². The first kappa shape index (κ1) is 19.2. The van der Waals surface area contributed by atoms with Crippen LogP contribution in [0.15, 0.2) is 61.2 Å². The van der Waals surface area contributed by atoms with Gasteiger partial charge in [-0.2, -0.15) is 0 Å². The van der Waals surface area contributed by atoms with Crippen LogP contribution in [0.4, 0.5) is 4.39 Å². The molecule has 0 heterocycles. The summed E-state index contributed by atoms with van der Waals surface area (Å²) >= 11 is 0. The SMILES string of the molecule is C=CCOc1ccc(C(=O)OCC(=O)N(C)Cc2ccccc2F)cc1. The molecule has 0 saturated carbocycles. The Morgan fingerprint density at radius 3 is 2.50 bits per heavy atom. The molecule has 0 unspecified atom stereocenters. The van der Waals surface area contributed by atoms with Gasteiger partial charge in [-0.05, 0) is 30.3 Å². The molecule has 0 bridgehead atoms. The lowest BCUT2D eigenvalue weighted by Crippen LogP contribution is -2.31. The van der Waals surface area contributed by atoms with Crippen molar-refractivity contribution in [2.45, 2.75) is 6.54 Å². The van der Waals surface area contributed by atoms with Gasteiger partial charge >= 0.3 is 5.97 Å². The summed E-state index contributed by atoms with van der Waals surface area (Å²) in [5, 5.41) is 0. The highest BCUT2D eigenvalue weighted by Gasteiger charge is 2.15. The quantitative estimate of drug-likeness (QED) is 0.538. The third kappa shape index (κ3) is 5.44. The van der Waals surface area contributed by atoms with Gasteiger partial charge in [-0.25, -0.2) is 9.18 Å². The van der Waals surface area contributed by atoms with Gasteiger partial charge in [-0.15, -0.1) is 0 Å². The Morgan fingerprint density at radius 2 is 1.85 bits per heavy atom. The molecule has 2 aromatic rings. The number of nitrogens with zero attached hydrogens (tertiary/aromatic N) is 1. The number of hydrogen-bond acceptors (Lipinski definition) is 4. The molecule has 0 aromatic heterocycles. The highest BCUT2D eigenvalue weighted by atomic mass is 19.1. The van der Waals surface area contributed by atoms with Crippen molar-refractivity contribution in [1.82, 2.24) is 4.90 Å². The molecule has 136 valence electrons. The standard InChI is InChI=1S/C20H20FNO4/c1-3-12-25-17-10-8-15(9-11-17)20(24)26-14-19(23)22(2)13-16-6-4-5-7-18(16)21/h3-11H,1,12-14H2,2H3. The van der Waals surface area contributed by atoms with E-state index in [0.717, 1.165) is 0 Å². The van der Waals surface area contributed by atoms with Crippen molar-refractivity contribution in [1.29, 1.82) is 0 Å². The minimum Gasteiger partial charge on any atom is -0.490 e. The van der Waals surface area contributed by atoms with Crippen LogP contribution in [-0.2, 0) is 16.1 Å². The van der Waals surface area contributed by atoms with Crippen molar-refractivity contribution < 1.29 is 23.5 Å². The maximum Gasteiger partial charge on any atom is 0.338 e. The zero-order chi connectivity index (χ0) is 18.9. The smallest absolute Gasteiger partial charge is 0.338 e. The zero-order valence-corrected chi connectivity index (χ0v) is 14.5. The van der Waals surface area contributed by atoms with E-state index in [1.807, 2.05) is 0 Å². The number of esters is 1. The fourth-order valence-corrected chi connectivity index (χ4v) is 2.13. The third-order valence-electron chi connectivity index (χ3n) is 3.58. The minimum absolute atomic E-state index is 0.0956. The summed E-state index contributed by atoms with van der Waals surface area (Å²) in [5.41, 5.74) is 0.699. The molecule has 0 aliphatic rings. The van der Waals surface area contributed by atoms with E-state index in [1.54, 1.807) is 48.5 Å². The fraction of sp³-hybridized carbons (Fsp3) is 0.200. The van der Waals surface area contributed by atoms with E-state index < -0.39 is 18.5 Å². The van der Waals surface area contributed by atoms with Crippen LogP contribution in [0.2, 0.25) is 0 Å². The number of rotatable bonds is 8. The van der Waals surface area contributed by atoms with Crippen molar-refractivity contribution in [3.8, 4) is 5.75 Å². The number of carbonyl (C=O) groups excluding carboxylic acids is 2. The number of carbonyl (C=O) groups is 2. The Bertz CT molecular complexity index is 774. The monoisotopic (exact) mass is 357 g/mol. The van der Waals surface area contributed by atoms with Crippen LogP contribution < -0.4 is 4.74 Å². The predicted molar refractivity (Wildman–Crippen MR) is 95.3 cm³/mol. The second kappa shape index (κ2) is 9.36. The Morgan fingerprint density at radius 1 is 1.15 bits per heavy atom. The summed E-state index contributed by atoms with van der Waals surface area (Å²) in [4.78, 5) is 25.4. The van der Waals surface area contributed by atoms with Gasteiger partial charge in [0.15, 0.2) is 6.61 Å². The maximum atomic E-state index is 13.6. The molecule has 0 radical (unpaired) electrons. The maximum absolute atomic E-state index is 13.6. The van der Waals surface area contributed by atoms with Gasteiger partial charge < -0.3 is 14.4 Å². The summed E-state index contributed by atoms with van der Waals surface area (Å²) in [5.74, 6) is -0.828. The van der Waals surface area contributed by atoms with Crippen molar-refractivity contribution >= 4 is 11.9 Å². The second-order valence-electron chi connectivity index (χ2n) is 5.54. The Balaban J connectivity index is 1.85. The van der Waals surface area contributed by atoms with E-state index in [1.165, 1.54) is 18.0 Å². The number of likely N-dealkylation sites (N-methyl/N-ethyl adjacent to an activating group) is 1. The van der Waals surface area contributed by atoms with Crippen LogP contribution in [0.5, 0.6) is 5.75 Å². The number of halogens is 1.